The van der Waals surface area contributed by atoms with E-state index in [0.29, 0.717) is 28.4 Å². The van der Waals surface area contributed by atoms with E-state index in [1.165, 1.54) is 0 Å². The van der Waals surface area contributed by atoms with Crippen molar-refractivity contribution in [2.75, 3.05) is 5.32 Å². The van der Waals surface area contributed by atoms with Gasteiger partial charge in [-0.05, 0) is 62.1 Å². The van der Waals surface area contributed by atoms with Crippen LogP contribution in [0.3, 0.4) is 0 Å². The number of hydrogen-bond acceptors (Lipinski definition) is 5. The van der Waals surface area contributed by atoms with Crippen molar-refractivity contribution >= 4 is 46.5 Å². The molecule has 0 radical (unpaired) electrons. The Balaban J connectivity index is 0.00000289. The first kappa shape index (κ1) is 24.8. The van der Waals surface area contributed by atoms with Gasteiger partial charge in [0, 0.05) is 29.4 Å². The molecule has 0 atom stereocenters. The zero-order chi connectivity index (χ0) is 23.3. The maximum absolute atomic E-state index is 13.0. The minimum absolute atomic E-state index is 0. The highest BCUT2D eigenvalue weighted by Crippen LogP contribution is 2.29. The van der Waals surface area contributed by atoms with Gasteiger partial charge in [-0.2, -0.15) is 0 Å². The Morgan fingerprint density at radius 3 is 2.43 bits per heavy atom. The van der Waals surface area contributed by atoms with Crippen molar-refractivity contribution in [3.8, 4) is 11.6 Å². The fourth-order valence-corrected chi connectivity index (χ4v) is 4.57. The summed E-state index contributed by atoms with van der Waals surface area (Å²) >= 11 is 6.23. The molecule has 1 amide bonds. The molecular weight excluding hydrogens is 483 g/mol. The molecule has 0 unspecified atom stereocenters. The number of carbonyl (C=O) groups is 1. The van der Waals surface area contributed by atoms with Crippen LogP contribution in [0.15, 0.2) is 79.0 Å². The molecule has 0 saturated heterocycles. The van der Waals surface area contributed by atoms with Gasteiger partial charge < -0.3 is 15.4 Å². The Morgan fingerprint density at radius 1 is 0.914 bits per heavy atom. The molecule has 0 bridgehead atoms. The number of benzene rings is 2. The van der Waals surface area contributed by atoms with Crippen LogP contribution < -0.4 is 15.4 Å². The molecule has 35 heavy (non-hydrogen) atoms. The molecule has 4 aromatic rings. The Kier molecular flexibility index (Phi) is 8.06. The van der Waals surface area contributed by atoms with Crippen molar-refractivity contribution in [2.45, 2.75) is 37.8 Å². The van der Waals surface area contributed by atoms with Crippen molar-refractivity contribution in [1.29, 1.82) is 0 Å². The zero-order valence-electron chi connectivity index (χ0n) is 19.0. The summed E-state index contributed by atoms with van der Waals surface area (Å²) in [6.07, 6.45) is 5.28. The Morgan fingerprint density at radius 2 is 1.63 bits per heavy atom. The number of para-hydroxylation sites is 2. The summed E-state index contributed by atoms with van der Waals surface area (Å²) in [6, 6.07) is 23.1. The molecule has 2 aromatic carbocycles. The van der Waals surface area contributed by atoms with Crippen molar-refractivity contribution in [3.63, 3.8) is 0 Å². The average Bonchev–Trinajstić information content (AvgIpc) is 2.86. The van der Waals surface area contributed by atoms with E-state index >= 15 is 0 Å². The van der Waals surface area contributed by atoms with E-state index in [4.69, 9.17) is 16.3 Å². The molecule has 1 saturated carbocycles. The average molecular weight is 509 g/mol. The molecule has 5 rings (SSSR count). The molecule has 8 heteroatoms. The number of carbonyl (C=O) groups excluding carboxylic acids is 1. The van der Waals surface area contributed by atoms with Crippen LogP contribution >= 0.6 is 24.0 Å². The Bertz CT molecular complexity index is 1290. The van der Waals surface area contributed by atoms with Crippen molar-refractivity contribution in [3.05, 3.63) is 89.7 Å². The first-order chi connectivity index (χ1) is 16.7. The van der Waals surface area contributed by atoms with E-state index in [9.17, 15) is 4.79 Å². The fourth-order valence-electron chi connectivity index (χ4n) is 4.37. The standard InChI is InChI=1S/C27H25ClN4O2.ClH/c28-25-17-24(21-9-4-5-11-23(21)32-25)30-18-12-14-19(15-13-18)31-26(33)22-10-6-16-29-27(22)34-20-7-2-1-3-8-20;/h1-11,16-19H,12-15H2,(H,30,32)(H,31,33);1H/t18-,19+;. The van der Waals surface area contributed by atoms with Crippen molar-refractivity contribution < 1.29 is 9.53 Å². The van der Waals surface area contributed by atoms with Gasteiger partial charge in [-0.3, -0.25) is 4.79 Å². The topological polar surface area (TPSA) is 76.1 Å². The van der Waals surface area contributed by atoms with Crippen LogP contribution in [0.5, 0.6) is 11.6 Å². The molecule has 180 valence electrons. The predicted molar refractivity (Wildman–Crippen MR) is 142 cm³/mol. The fraction of sp³-hybridized carbons (Fsp3) is 0.222. The summed E-state index contributed by atoms with van der Waals surface area (Å²) in [5, 5.41) is 8.35. The number of rotatable bonds is 6. The van der Waals surface area contributed by atoms with Crippen molar-refractivity contribution in [2.24, 2.45) is 0 Å². The monoisotopic (exact) mass is 508 g/mol. The number of amides is 1. The lowest BCUT2D eigenvalue weighted by atomic mass is 9.90. The number of pyridine rings is 2. The number of hydrogen-bond donors (Lipinski definition) is 2. The second-order valence-electron chi connectivity index (χ2n) is 8.45. The van der Waals surface area contributed by atoms with Crippen LogP contribution in [0.1, 0.15) is 36.0 Å². The molecule has 2 heterocycles. The summed E-state index contributed by atoms with van der Waals surface area (Å²) < 4.78 is 5.85. The molecule has 0 spiro atoms. The van der Waals surface area contributed by atoms with Gasteiger partial charge >= 0.3 is 0 Å². The summed E-state index contributed by atoms with van der Waals surface area (Å²) in [7, 11) is 0. The highest BCUT2D eigenvalue weighted by atomic mass is 35.5. The van der Waals surface area contributed by atoms with Gasteiger partial charge in [-0.1, -0.05) is 48.0 Å². The lowest BCUT2D eigenvalue weighted by Gasteiger charge is -2.30. The lowest BCUT2D eigenvalue weighted by molar-refractivity contribution is 0.0923. The van der Waals surface area contributed by atoms with Crippen LogP contribution in [0, 0.1) is 0 Å². The summed E-state index contributed by atoms with van der Waals surface area (Å²) in [5.74, 6) is 0.788. The van der Waals surface area contributed by atoms with Gasteiger partial charge in [0.1, 0.15) is 16.5 Å². The molecule has 1 fully saturated rings. The summed E-state index contributed by atoms with van der Waals surface area (Å²) in [4.78, 5) is 21.7. The second kappa shape index (κ2) is 11.4. The van der Waals surface area contributed by atoms with Crippen LogP contribution in [0.4, 0.5) is 5.69 Å². The van der Waals surface area contributed by atoms with E-state index in [2.05, 4.69) is 26.7 Å². The van der Waals surface area contributed by atoms with E-state index < -0.39 is 0 Å². The van der Waals surface area contributed by atoms with Gasteiger partial charge in [-0.15, -0.1) is 12.4 Å². The molecule has 2 aromatic heterocycles. The number of aromatic nitrogens is 2. The summed E-state index contributed by atoms with van der Waals surface area (Å²) in [5.41, 5.74) is 2.31. The summed E-state index contributed by atoms with van der Waals surface area (Å²) in [6.45, 7) is 0. The highest BCUT2D eigenvalue weighted by Gasteiger charge is 2.24. The normalized spacial score (nSPS) is 17.3. The maximum atomic E-state index is 13.0. The van der Waals surface area contributed by atoms with Gasteiger partial charge in [-0.25, -0.2) is 9.97 Å². The molecule has 0 aliphatic heterocycles. The van der Waals surface area contributed by atoms with E-state index in [-0.39, 0.29) is 24.4 Å². The SMILES string of the molecule is Cl.O=C(N[C@H]1CC[C@@H](Nc2cc(Cl)nc3ccccc23)CC1)c1cccnc1Oc1ccccc1. The van der Waals surface area contributed by atoms with Crippen LogP contribution in [0.25, 0.3) is 10.9 Å². The molecule has 6 nitrogen and oxygen atoms in total. The smallest absolute Gasteiger partial charge is 0.257 e. The lowest BCUT2D eigenvalue weighted by Crippen LogP contribution is -2.40. The minimum atomic E-state index is -0.164. The second-order valence-corrected chi connectivity index (χ2v) is 8.83. The van der Waals surface area contributed by atoms with E-state index in [0.717, 1.165) is 42.3 Å². The van der Waals surface area contributed by atoms with E-state index in [1.807, 2.05) is 54.6 Å². The van der Waals surface area contributed by atoms with Gasteiger partial charge in [0.15, 0.2) is 0 Å². The third-order valence-electron chi connectivity index (χ3n) is 6.08. The zero-order valence-corrected chi connectivity index (χ0v) is 20.6. The number of nitrogens with one attached hydrogen (secondary N) is 2. The van der Waals surface area contributed by atoms with Crippen LogP contribution in [-0.2, 0) is 0 Å². The Hall–Kier alpha value is -3.35. The minimum Gasteiger partial charge on any atom is -0.438 e. The van der Waals surface area contributed by atoms with Gasteiger partial charge in [0.05, 0.1) is 5.52 Å². The van der Waals surface area contributed by atoms with Gasteiger partial charge in [0.2, 0.25) is 5.88 Å². The van der Waals surface area contributed by atoms with Gasteiger partial charge in [0.25, 0.3) is 5.91 Å². The third-order valence-corrected chi connectivity index (χ3v) is 6.27. The first-order valence-electron chi connectivity index (χ1n) is 11.5. The number of ether oxygens (including phenoxy) is 1. The Labute approximate surface area is 215 Å². The first-order valence-corrected chi connectivity index (χ1v) is 11.8. The van der Waals surface area contributed by atoms with Crippen LogP contribution in [-0.4, -0.2) is 28.0 Å². The van der Waals surface area contributed by atoms with Crippen molar-refractivity contribution in [1.82, 2.24) is 15.3 Å². The highest BCUT2D eigenvalue weighted by molar-refractivity contribution is 6.30. The molecular formula is C27H26Cl2N4O2. The number of halogens is 2. The molecule has 1 aliphatic carbocycles. The number of anilines is 1. The largest absolute Gasteiger partial charge is 0.438 e. The van der Waals surface area contributed by atoms with E-state index in [1.54, 1.807) is 18.3 Å². The predicted octanol–water partition coefficient (Wildman–Crippen LogP) is 6.65. The molecule has 1 aliphatic rings. The maximum Gasteiger partial charge on any atom is 0.257 e. The quantitative estimate of drug-likeness (QED) is 0.285. The number of nitrogens with zero attached hydrogens (tertiary/aromatic N) is 2. The third kappa shape index (κ3) is 6.02. The number of fused-ring (bicyclic) bond motifs is 1. The molecule has 2 N–H and O–H groups in total. The van der Waals surface area contributed by atoms with Crippen LogP contribution in [0.2, 0.25) is 5.15 Å².